The molecule has 0 fully saturated rings. The number of hydrogen-bond acceptors (Lipinski definition) is 2. The van der Waals surface area contributed by atoms with E-state index in [0.717, 1.165) is 0 Å². The molecule has 0 atom stereocenters. The standard InChI is InChI=1S/C6H8N2O2.Rb/c1-4-3-8(2)6(10)7-5(4)9;/h3H,1-2H3,(H,7,9,10);/q;+1/p-1. The van der Waals surface area contributed by atoms with Crippen LogP contribution in [0, 0.1) is 6.92 Å². The van der Waals surface area contributed by atoms with Gasteiger partial charge < -0.3 is 9.55 Å². The Bertz CT molecular complexity index is 321. The van der Waals surface area contributed by atoms with Crippen molar-refractivity contribution in [3.05, 3.63) is 32.6 Å². The molecular formula is C6H7N2O2Rb. The topological polar surface area (TPSA) is 53.2 Å². The summed E-state index contributed by atoms with van der Waals surface area (Å²) >= 11 is 0. The first-order chi connectivity index (χ1) is 4.61. The van der Waals surface area contributed by atoms with Gasteiger partial charge in [0.25, 0.3) is 0 Å². The van der Waals surface area contributed by atoms with Gasteiger partial charge in [0, 0.05) is 0 Å². The summed E-state index contributed by atoms with van der Waals surface area (Å²) in [4.78, 5) is 24.5. The first-order valence-corrected chi connectivity index (χ1v) is 2.82. The zero-order valence-electron chi connectivity index (χ0n) is 6.79. The molecule has 0 aliphatic carbocycles. The fraction of sp³-hybridized carbons (Fsp3) is 0.333. The van der Waals surface area contributed by atoms with Crippen molar-refractivity contribution in [3.8, 4) is 0 Å². The SMILES string of the molecule is Cc1cn(C)c(=O)[n-]c1=O.[Rb+]. The van der Waals surface area contributed by atoms with Crippen molar-refractivity contribution in [1.82, 2.24) is 9.55 Å². The minimum atomic E-state index is -0.504. The van der Waals surface area contributed by atoms with Crippen LogP contribution < -0.4 is 74.4 Å². The van der Waals surface area contributed by atoms with Gasteiger partial charge in [0.05, 0.1) is 0 Å². The molecule has 0 saturated carbocycles. The van der Waals surface area contributed by atoms with E-state index >= 15 is 0 Å². The fourth-order valence-electron chi connectivity index (χ4n) is 0.655. The molecule has 1 aromatic heterocycles. The Morgan fingerprint density at radius 1 is 1.45 bits per heavy atom. The zero-order valence-corrected chi connectivity index (χ0v) is 11.7. The predicted molar refractivity (Wildman–Crippen MR) is 36.0 cm³/mol. The second-order valence-corrected chi connectivity index (χ2v) is 2.12. The average molecular weight is 225 g/mol. The molecule has 0 spiro atoms. The Kier molecular flexibility index (Phi) is 4.69. The number of nitrogens with zero attached hydrogens (tertiary/aromatic N) is 2. The Hall–Kier alpha value is 0.485. The molecule has 4 nitrogen and oxygen atoms in total. The van der Waals surface area contributed by atoms with Crippen LogP contribution >= 0.6 is 0 Å². The van der Waals surface area contributed by atoms with Gasteiger partial charge in [0.15, 0.2) is 11.2 Å². The van der Waals surface area contributed by atoms with Crippen LogP contribution in [0.15, 0.2) is 15.8 Å². The van der Waals surface area contributed by atoms with Crippen molar-refractivity contribution in [1.29, 1.82) is 0 Å². The minimum Gasteiger partial charge on any atom is -0.419 e. The van der Waals surface area contributed by atoms with E-state index in [-0.39, 0.29) is 58.2 Å². The second-order valence-electron chi connectivity index (χ2n) is 2.12. The van der Waals surface area contributed by atoms with E-state index in [1.807, 2.05) is 0 Å². The number of aromatic nitrogens is 2. The van der Waals surface area contributed by atoms with Crippen LogP contribution in [0.1, 0.15) is 5.56 Å². The molecular weight excluding hydrogens is 218 g/mol. The first kappa shape index (κ1) is 11.5. The van der Waals surface area contributed by atoms with E-state index in [0.29, 0.717) is 5.56 Å². The molecule has 0 aliphatic heterocycles. The summed E-state index contributed by atoms with van der Waals surface area (Å²) in [7, 11) is 1.56. The van der Waals surface area contributed by atoms with Crippen molar-refractivity contribution in [2.75, 3.05) is 0 Å². The minimum absolute atomic E-state index is 0. The maximum atomic E-state index is 10.7. The predicted octanol–water partition coefficient (Wildman–Crippen LogP) is -3.98. The summed E-state index contributed by atoms with van der Waals surface area (Å²) in [5, 5.41) is 0. The average Bonchev–Trinajstić information content (AvgIpc) is 1.84. The van der Waals surface area contributed by atoms with Crippen molar-refractivity contribution in [2.45, 2.75) is 6.92 Å². The maximum absolute atomic E-state index is 10.7. The number of rotatable bonds is 0. The van der Waals surface area contributed by atoms with Crippen LogP contribution in [0.5, 0.6) is 0 Å². The largest absolute Gasteiger partial charge is 1.00 e. The normalized spacial score (nSPS) is 8.91. The van der Waals surface area contributed by atoms with Gasteiger partial charge in [0.2, 0.25) is 0 Å². The fourth-order valence-corrected chi connectivity index (χ4v) is 0.655. The Morgan fingerprint density at radius 3 is 2.45 bits per heavy atom. The van der Waals surface area contributed by atoms with Gasteiger partial charge in [-0.1, -0.05) is 13.2 Å². The van der Waals surface area contributed by atoms with Gasteiger partial charge in [0.1, 0.15) is 0 Å². The molecule has 1 aromatic rings. The molecule has 1 heterocycles. The molecule has 0 aromatic carbocycles. The zero-order chi connectivity index (χ0) is 7.72. The molecule has 0 unspecified atom stereocenters. The Balaban J connectivity index is 0.000001000. The third-order valence-corrected chi connectivity index (χ3v) is 1.22. The van der Waals surface area contributed by atoms with Gasteiger partial charge in [-0.15, -0.1) is 0 Å². The van der Waals surface area contributed by atoms with Crippen molar-refractivity contribution in [3.63, 3.8) is 0 Å². The summed E-state index contributed by atoms with van der Waals surface area (Å²) in [6, 6.07) is 0. The van der Waals surface area contributed by atoms with Crippen LogP contribution in [-0.4, -0.2) is 4.57 Å². The summed E-state index contributed by atoms with van der Waals surface area (Å²) in [5.41, 5.74) is -0.458. The van der Waals surface area contributed by atoms with Crippen LogP contribution in [-0.2, 0) is 7.05 Å². The first-order valence-electron chi connectivity index (χ1n) is 2.82. The number of aryl methyl sites for hydroxylation is 2. The van der Waals surface area contributed by atoms with E-state index in [1.54, 1.807) is 14.0 Å². The molecule has 0 radical (unpaired) electrons. The van der Waals surface area contributed by atoms with Crippen LogP contribution in [0.4, 0.5) is 0 Å². The molecule has 11 heavy (non-hydrogen) atoms. The van der Waals surface area contributed by atoms with Crippen molar-refractivity contribution >= 4 is 0 Å². The van der Waals surface area contributed by atoms with Crippen LogP contribution in [0.3, 0.4) is 0 Å². The Morgan fingerprint density at radius 2 is 2.00 bits per heavy atom. The van der Waals surface area contributed by atoms with Gasteiger partial charge in [-0.2, -0.15) is 0 Å². The molecule has 5 heteroatoms. The second kappa shape index (κ2) is 4.50. The molecule has 1 rings (SSSR count). The summed E-state index contributed by atoms with van der Waals surface area (Å²) < 4.78 is 1.27. The van der Waals surface area contributed by atoms with E-state index in [4.69, 9.17) is 0 Å². The maximum Gasteiger partial charge on any atom is 1.00 e. The van der Waals surface area contributed by atoms with E-state index < -0.39 is 11.2 Å². The van der Waals surface area contributed by atoms with Crippen LogP contribution in [0.25, 0.3) is 0 Å². The molecule has 0 amide bonds. The van der Waals surface area contributed by atoms with E-state index in [1.165, 1.54) is 10.8 Å². The summed E-state index contributed by atoms with van der Waals surface area (Å²) in [5.74, 6) is 0. The molecule has 0 bridgehead atoms. The van der Waals surface area contributed by atoms with Gasteiger partial charge in [-0.3, -0.25) is 9.59 Å². The van der Waals surface area contributed by atoms with Crippen LogP contribution in [0.2, 0.25) is 0 Å². The van der Waals surface area contributed by atoms with Crippen molar-refractivity contribution < 1.29 is 58.2 Å². The van der Waals surface area contributed by atoms with E-state index in [9.17, 15) is 9.59 Å². The van der Waals surface area contributed by atoms with Gasteiger partial charge in [-0.25, -0.2) is 0 Å². The Labute approximate surface area is 112 Å². The summed E-state index contributed by atoms with van der Waals surface area (Å²) in [6.07, 6.45) is 1.47. The third-order valence-electron chi connectivity index (χ3n) is 1.22. The monoisotopic (exact) mass is 224 g/mol. The van der Waals surface area contributed by atoms with Crippen molar-refractivity contribution in [2.24, 2.45) is 7.05 Å². The van der Waals surface area contributed by atoms with E-state index in [2.05, 4.69) is 4.98 Å². The molecule has 0 N–H and O–H groups in total. The van der Waals surface area contributed by atoms with Gasteiger partial charge in [-0.05, 0) is 12.5 Å². The smallest absolute Gasteiger partial charge is 0.419 e. The third kappa shape index (κ3) is 2.78. The van der Waals surface area contributed by atoms with Gasteiger partial charge >= 0.3 is 58.2 Å². The summed E-state index contributed by atoms with van der Waals surface area (Å²) in [6.45, 7) is 1.62. The molecule has 0 saturated heterocycles. The molecule has 0 aliphatic rings. The quantitative estimate of drug-likeness (QED) is 0.452. The number of hydrogen-bond donors (Lipinski definition) is 0. The molecule has 54 valence electrons.